The average Bonchev–Trinajstić information content (AvgIpc) is 3.22. The number of primary sulfonamides is 1. The van der Waals surface area contributed by atoms with Crippen LogP contribution in [0.3, 0.4) is 0 Å². The molecule has 0 aliphatic heterocycles. The second-order valence-corrected chi connectivity index (χ2v) is 11.0. The lowest BCUT2D eigenvalue weighted by molar-refractivity contribution is -0.115. The summed E-state index contributed by atoms with van der Waals surface area (Å²) in [6.07, 6.45) is 2.70. The van der Waals surface area contributed by atoms with E-state index in [-0.39, 0.29) is 23.0 Å². The maximum absolute atomic E-state index is 13.6. The van der Waals surface area contributed by atoms with Gasteiger partial charge >= 0.3 is 5.69 Å². The number of aromatic nitrogens is 3. The van der Waals surface area contributed by atoms with Crippen molar-refractivity contribution in [2.24, 2.45) is 5.14 Å². The maximum atomic E-state index is 13.6. The zero-order chi connectivity index (χ0) is 28.2. The summed E-state index contributed by atoms with van der Waals surface area (Å²) in [5.74, 6) is 0.462. The number of aryl methyl sites for hydroxylation is 1. The maximum Gasteiger partial charge on any atom is 0.351 e. The number of unbranched alkanes of at least 4 members (excludes halogenated alkanes) is 1. The molecule has 9 nitrogen and oxygen atoms in total. The van der Waals surface area contributed by atoms with Gasteiger partial charge in [-0.05, 0) is 41.8 Å². The van der Waals surface area contributed by atoms with E-state index in [0.29, 0.717) is 46.2 Å². The van der Waals surface area contributed by atoms with Crippen LogP contribution in [0.4, 0.5) is 5.69 Å². The van der Waals surface area contributed by atoms with Crippen molar-refractivity contribution in [3.05, 3.63) is 93.6 Å². The Hall–Kier alpha value is -3.73. The number of benzene rings is 3. The minimum absolute atomic E-state index is 0.0475. The van der Waals surface area contributed by atoms with Crippen molar-refractivity contribution in [3.8, 4) is 16.8 Å². The Kier molecular flexibility index (Phi) is 8.69. The van der Waals surface area contributed by atoms with Crippen LogP contribution in [-0.2, 0) is 27.8 Å². The average molecular weight is 568 g/mol. The van der Waals surface area contributed by atoms with Crippen LogP contribution in [-0.4, -0.2) is 28.7 Å². The molecule has 0 spiro atoms. The quantitative estimate of drug-likeness (QED) is 0.286. The molecular weight excluding hydrogens is 538 g/mol. The number of amides is 1. The lowest BCUT2D eigenvalue weighted by atomic mass is 10.0. The molecule has 0 unspecified atom stereocenters. The number of carbonyl (C=O) groups excluding carboxylic acids is 1. The number of nitrogens with one attached hydrogen (secondary N) is 1. The monoisotopic (exact) mass is 567 g/mol. The van der Waals surface area contributed by atoms with Crippen molar-refractivity contribution >= 4 is 33.2 Å². The Morgan fingerprint density at radius 1 is 1.05 bits per heavy atom. The summed E-state index contributed by atoms with van der Waals surface area (Å²) in [6.45, 7) is 4.08. The first-order chi connectivity index (χ1) is 18.6. The topological polar surface area (TPSA) is 129 Å². The molecule has 3 N–H and O–H groups in total. The lowest BCUT2D eigenvalue weighted by Gasteiger charge is -2.10. The second kappa shape index (κ2) is 12.0. The van der Waals surface area contributed by atoms with Crippen LogP contribution >= 0.6 is 11.6 Å². The summed E-state index contributed by atoms with van der Waals surface area (Å²) < 4.78 is 26.9. The van der Waals surface area contributed by atoms with E-state index in [0.717, 1.165) is 18.4 Å². The van der Waals surface area contributed by atoms with Gasteiger partial charge in [-0.25, -0.2) is 18.4 Å². The van der Waals surface area contributed by atoms with Gasteiger partial charge in [-0.3, -0.25) is 9.36 Å². The summed E-state index contributed by atoms with van der Waals surface area (Å²) >= 11 is 6.45. The third-order valence-corrected chi connectivity index (χ3v) is 7.56. The van der Waals surface area contributed by atoms with Crippen molar-refractivity contribution in [1.82, 2.24) is 14.3 Å². The molecule has 0 bridgehead atoms. The first-order valence-electron chi connectivity index (χ1n) is 12.6. The van der Waals surface area contributed by atoms with E-state index in [1.54, 1.807) is 60.0 Å². The number of rotatable bonds is 10. The highest BCUT2D eigenvalue weighted by Gasteiger charge is 2.18. The standard InChI is InChI=1S/C28H30ClN5O4S/c1-3-5-10-26-32-34(24-17-21(15-16-23(24)29)31-27(35)4-2)28(36)33(26)18-19-11-13-20(14-12-19)22-8-6-7-9-25(22)39(30,37)38/h6-9,11-17H,3-5,10,18H2,1-2H3,(H,31,35)(H2,30,37,38). The number of nitrogens with zero attached hydrogens (tertiary/aromatic N) is 3. The first kappa shape index (κ1) is 28.3. The fraction of sp³-hybridized carbons (Fsp3) is 0.250. The molecule has 0 fully saturated rings. The summed E-state index contributed by atoms with van der Waals surface area (Å²) in [6, 6.07) is 18.8. The van der Waals surface area contributed by atoms with Crippen molar-refractivity contribution in [2.75, 3.05) is 5.32 Å². The van der Waals surface area contributed by atoms with E-state index in [4.69, 9.17) is 16.7 Å². The zero-order valence-electron chi connectivity index (χ0n) is 21.7. The number of hydrogen-bond donors (Lipinski definition) is 2. The van der Waals surface area contributed by atoms with Gasteiger partial charge in [-0.2, -0.15) is 4.68 Å². The minimum Gasteiger partial charge on any atom is -0.326 e. The highest BCUT2D eigenvalue weighted by atomic mass is 35.5. The molecule has 1 amide bonds. The van der Waals surface area contributed by atoms with Gasteiger partial charge in [0.25, 0.3) is 0 Å². The van der Waals surface area contributed by atoms with Crippen molar-refractivity contribution < 1.29 is 13.2 Å². The van der Waals surface area contributed by atoms with Crippen LogP contribution < -0.4 is 16.1 Å². The van der Waals surface area contributed by atoms with E-state index in [2.05, 4.69) is 17.3 Å². The molecule has 3 aromatic carbocycles. The largest absolute Gasteiger partial charge is 0.351 e. The third-order valence-electron chi connectivity index (χ3n) is 6.27. The van der Waals surface area contributed by atoms with E-state index in [9.17, 15) is 18.0 Å². The molecule has 0 atom stereocenters. The molecule has 1 heterocycles. The fourth-order valence-electron chi connectivity index (χ4n) is 4.20. The SMILES string of the molecule is CCCCc1nn(-c2cc(NC(=O)CC)ccc2Cl)c(=O)n1Cc1ccc(-c2ccccc2S(N)(=O)=O)cc1. The number of carbonyl (C=O) groups is 1. The van der Waals surface area contributed by atoms with E-state index in [1.165, 1.54) is 10.7 Å². The Balaban J connectivity index is 1.70. The smallest absolute Gasteiger partial charge is 0.326 e. The van der Waals surface area contributed by atoms with Gasteiger partial charge in [-0.1, -0.05) is 74.3 Å². The van der Waals surface area contributed by atoms with Gasteiger partial charge in [0.05, 0.1) is 22.2 Å². The first-order valence-corrected chi connectivity index (χ1v) is 14.5. The number of nitrogens with two attached hydrogens (primary N) is 1. The Bertz CT molecular complexity index is 1660. The summed E-state index contributed by atoms with van der Waals surface area (Å²) in [4.78, 5) is 25.5. The summed E-state index contributed by atoms with van der Waals surface area (Å²) in [5.41, 5.74) is 2.57. The van der Waals surface area contributed by atoms with Crippen LogP contribution in [0.15, 0.2) is 76.4 Å². The number of halogens is 1. The van der Waals surface area contributed by atoms with Crippen molar-refractivity contribution in [3.63, 3.8) is 0 Å². The van der Waals surface area contributed by atoms with Crippen LogP contribution in [0.2, 0.25) is 5.02 Å². The van der Waals surface area contributed by atoms with E-state index >= 15 is 0 Å². The molecule has 1 aromatic heterocycles. The lowest BCUT2D eigenvalue weighted by Crippen LogP contribution is -2.25. The third kappa shape index (κ3) is 6.47. The Morgan fingerprint density at radius 2 is 1.77 bits per heavy atom. The predicted octanol–water partition coefficient (Wildman–Crippen LogP) is 4.74. The van der Waals surface area contributed by atoms with E-state index < -0.39 is 10.0 Å². The van der Waals surface area contributed by atoms with Gasteiger partial charge in [0.2, 0.25) is 15.9 Å². The van der Waals surface area contributed by atoms with Gasteiger partial charge in [0.15, 0.2) is 0 Å². The second-order valence-electron chi connectivity index (χ2n) is 9.11. The molecule has 0 saturated carbocycles. The molecule has 0 saturated heterocycles. The van der Waals surface area contributed by atoms with E-state index in [1.807, 2.05) is 12.1 Å². The molecule has 4 rings (SSSR count). The Labute approximate surface area is 232 Å². The minimum atomic E-state index is -3.89. The molecule has 0 radical (unpaired) electrons. The normalized spacial score (nSPS) is 11.5. The molecular formula is C28H30ClN5O4S. The van der Waals surface area contributed by atoms with Gasteiger partial charge in [0.1, 0.15) is 5.82 Å². The molecule has 0 aliphatic carbocycles. The molecule has 11 heteroatoms. The van der Waals surface area contributed by atoms with Gasteiger partial charge < -0.3 is 5.32 Å². The highest BCUT2D eigenvalue weighted by Crippen LogP contribution is 2.27. The number of hydrogen-bond acceptors (Lipinski definition) is 5. The molecule has 204 valence electrons. The van der Waals surface area contributed by atoms with Crippen molar-refractivity contribution in [2.45, 2.75) is 51.0 Å². The van der Waals surface area contributed by atoms with Crippen LogP contribution in [0.25, 0.3) is 16.8 Å². The molecule has 4 aromatic rings. The zero-order valence-corrected chi connectivity index (χ0v) is 23.3. The number of anilines is 1. The summed E-state index contributed by atoms with van der Waals surface area (Å²) in [5, 5.41) is 13.1. The highest BCUT2D eigenvalue weighted by molar-refractivity contribution is 7.89. The van der Waals surface area contributed by atoms with Gasteiger partial charge in [-0.15, -0.1) is 5.10 Å². The van der Waals surface area contributed by atoms with Crippen LogP contribution in [0.1, 0.15) is 44.5 Å². The molecule has 39 heavy (non-hydrogen) atoms. The number of sulfonamides is 1. The van der Waals surface area contributed by atoms with Crippen LogP contribution in [0, 0.1) is 0 Å². The Morgan fingerprint density at radius 3 is 2.44 bits per heavy atom. The summed E-state index contributed by atoms with van der Waals surface area (Å²) in [7, 11) is -3.89. The van der Waals surface area contributed by atoms with Gasteiger partial charge in [0, 0.05) is 24.1 Å². The van der Waals surface area contributed by atoms with Crippen LogP contribution in [0.5, 0.6) is 0 Å². The van der Waals surface area contributed by atoms with Crippen molar-refractivity contribution in [1.29, 1.82) is 0 Å². The fourth-order valence-corrected chi connectivity index (χ4v) is 5.16. The predicted molar refractivity (Wildman–Crippen MR) is 153 cm³/mol. The molecule has 0 aliphatic rings.